The first kappa shape index (κ1) is 12.4. The number of methoxy groups -OCH3 is 1. The summed E-state index contributed by atoms with van der Waals surface area (Å²) < 4.78 is 18.5. The zero-order chi connectivity index (χ0) is 12.3. The van der Waals surface area contributed by atoms with Crippen LogP contribution in [0.15, 0.2) is 18.2 Å². The molecule has 0 unspecified atom stereocenters. The predicted molar refractivity (Wildman–Crippen MR) is 66.8 cm³/mol. The number of rotatable bonds is 3. The third-order valence-electron chi connectivity index (χ3n) is 3.72. The van der Waals surface area contributed by atoms with Gasteiger partial charge in [-0.05, 0) is 24.5 Å². The van der Waals surface area contributed by atoms with Gasteiger partial charge in [-0.2, -0.15) is 0 Å². The number of hydrogen-bond donors (Lipinski definition) is 1. The molecule has 0 bridgehead atoms. The molecule has 1 aliphatic rings. The molecule has 1 aliphatic carbocycles. The Bertz CT molecular complexity index is 364. The van der Waals surface area contributed by atoms with Crippen LogP contribution in [0.1, 0.15) is 43.2 Å². The molecule has 0 saturated heterocycles. The molecule has 0 spiro atoms. The molecule has 2 N–H and O–H groups in total. The van der Waals surface area contributed by atoms with Crippen LogP contribution >= 0.6 is 0 Å². The highest BCUT2D eigenvalue weighted by Crippen LogP contribution is 2.41. The number of benzene rings is 1. The van der Waals surface area contributed by atoms with E-state index in [2.05, 4.69) is 0 Å². The summed E-state index contributed by atoms with van der Waals surface area (Å²) in [6, 6.07) is 5.50. The minimum absolute atomic E-state index is 0.410. The molecular weight excluding hydrogens is 217 g/mol. The molecule has 0 aromatic heterocycles. The summed E-state index contributed by atoms with van der Waals surface area (Å²) in [6.07, 6.45) is 5.28. The van der Waals surface area contributed by atoms with E-state index in [0.717, 1.165) is 37.0 Å². The van der Waals surface area contributed by atoms with Gasteiger partial charge in [-0.1, -0.05) is 31.4 Å². The molecule has 0 aliphatic heterocycles. The molecule has 1 fully saturated rings. The van der Waals surface area contributed by atoms with Crippen molar-refractivity contribution in [2.45, 2.75) is 44.3 Å². The smallest absolute Gasteiger partial charge is 0.124 e. The van der Waals surface area contributed by atoms with Crippen molar-refractivity contribution >= 4 is 0 Å². The topological polar surface area (TPSA) is 35.2 Å². The van der Waals surface area contributed by atoms with Crippen molar-refractivity contribution in [2.24, 2.45) is 5.73 Å². The van der Waals surface area contributed by atoms with Gasteiger partial charge in [0.1, 0.15) is 12.4 Å². The van der Waals surface area contributed by atoms with E-state index in [-0.39, 0.29) is 0 Å². The summed E-state index contributed by atoms with van der Waals surface area (Å²) in [5, 5.41) is 0. The van der Waals surface area contributed by atoms with Crippen molar-refractivity contribution in [3.8, 4) is 5.75 Å². The van der Waals surface area contributed by atoms with Crippen molar-refractivity contribution < 1.29 is 9.13 Å². The molecule has 0 atom stereocenters. The van der Waals surface area contributed by atoms with Gasteiger partial charge >= 0.3 is 0 Å². The molecule has 17 heavy (non-hydrogen) atoms. The lowest BCUT2D eigenvalue weighted by atomic mass is 9.75. The molecule has 2 rings (SSSR count). The lowest BCUT2D eigenvalue weighted by Gasteiger charge is -2.36. The van der Waals surface area contributed by atoms with E-state index in [9.17, 15) is 4.39 Å². The highest BCUT2D eigenvalue weighted by Gasteiger charge is 2.34. The van der Waals surface area contributed by atoms with Crippen molar-refractivity contribution in [2.75, 3.05) is 7.11 Å². The van der Waals surface area contributed by atoms with Gasteiger partial charge in [0, 0.05) is 11.1 Å². The van der Waals surface area contributed by atoms with Crippen molar-refractivity contribution in [3.63, 3.8) is 0 Å². The third-order valence-corrected chi connectivity index (χ3v) is 3.72. The average molecular weight is 237 g/mol. The van der Waals surface area contributed by atoms with E-state index in [1.54, 1.807) is 13.2 Å². The molecular formula is C14H20FNO. The highest BCUT2D eigenvalue weighted by molar-refractivity contribution is 5.45. The van der Waals surface area contributed by atoms with Gasteiger partial charge < -0.3 is 10.5 Å². The molecule has 1 saturated carbocycles. The largest absolute Gasteiger partial charge is 0.496 e. The Morgan fingerprint density at radius 3 is 2.59 bits per heavy atom. The summed E-state index contributed by atoms with van der Waals surface area (Å²) in [7, 11) is 1.62. The van der Waals surface area contributed by atoms with Gasteiger partial charge in [0.15, 0.2) is 0 Å². The molecule has 0 heterocycles. The minimum atomic E-state index is -0.481. The monoisotopic (exact) mass is 237 g/mol. The highest BCUT2D eigenvalue weighted by atomic mass is 19.1. The average Bonchev–Trinajstić information content (AvgIpc) is 2.38. The molecule has 0 amide bonds. The van der Waals surface area contributed by atoms with E-state index in [1.165, 1.54) is 6.42 Å². The van der Waals surface area contributed by atoms with Crippen molar-refractivity contribution in [1.82, 2.24) is 0 Å². The zero-order valence-corrected chi connectivity index (χ0v) is 10.3. The van der Waals surface area contributed by atoms with Crippen molar-refractivity contribution in [3.05, 3.63) is 29.3 Å². The Morgan fingerprint density at radius 2 is 2.00 bits per heavy atom. The Labute approximate surface area is 102 Å². The first-order valence-electron chi connectivity index (χ1n) is 6.22. The number of nitrogens with two attached hydrogens (primary N) is 1. The fourth-order valence-electron chi connectivity index (χ4n) is 2.86. The second kappa shape index (κ2) is 5.05. The van der Waals surface area contributed by atoms with Crippen LogP contribution in [0.3, 0.4) is 0 Å². The Hall–Kier alpha value is -1.09. The number of ether oxygens (including phenoxy) is 1. The molecule has 94 valence electrons. The zero-order valence-electron chi connectivity index (χ0n) is 10.3. The number of alkyl halides is 1. The Balaban J connectivity index is 2.47. The lowest BCUT2D eigenvalue weighted by Crippen LogP contribution is -2.39. The molecule has 2 nitrogen and oxygen atoms in total. The van der Waals surface area contributed by atoms with Gasteiger partial charge in [-0.3, -0.25) is 0 Å². The van der Waals surface area contributed by atoms with Crippen LogP contribution in [-0.2, 0) is 12.2 Å². The quantitative estimate of drug-likeness (QED) is 0.875. The fraction of sp³-hybridized carbons (Fsp3) is 0.571. The predicted octanol–water partition coefficient (Wildman–Crippen LogP) is 3.28. The molecule has 1 aromatic rings. The second-order valence-electron chi connectivity index (χ2n) is 4.84. The van der Waals surface area contributed by atoms with Crippen LogP contribution in [0.25, 0.3) is 0 Å². The van der Waals surface area contributed by atoms with Crippen LogP contribution in [0.2, 0.25) is 0 Å². The first-order chi connectivity index (χ1) is 8.21. The normalized spacial score (nSPS) is 19.0. The van der Waals surface area contributed by atoms with E-state index in [4.69, 9.17) is 10.5 Å². The first-order valence-corrected chi connectivity index (χ1v) is 6.22. The summed E-state index contributed by atoms with van der Waals surface area (Å²) >= 11 is 0. The van der Waals surface area contributed by atoms with Crippen molar-refractivity contribution in [1.29, 1.82) is 0 Å². The SMILES string of the molecule is COc1cccc(CF)c1C1(N)CCCCC1. The minimum Gasteiger partial charge on any atom is -0.496 e. The number of hydrogen-bond acceptors (Lipinski definition) is 2. The van der Waals surface area contributed by atoms with Crippen LogP contribution < -0.4 is 10.5 Å². The fourth-order valence-corrected chi connectivity index (χ4v) is 2.86. The van der Waals surface area contributed by atoms with Crippen LogP contribution in [0.4, 0.5) is 4.39 Å². The Morgan fingerprint density at radius 1 is 1.29 bits per heavy atom. The number of halogens is 1. The van der Waals surface area contributed by atoms with Crippen LogP contribution in [-0.4, -0.2) is 7.11 Å². The van der Waals surface area contributed by atoms with E-state index >= 15 is 0 Å². The van der Waals surface area contributed by atoms with Gasteiger partial charge in [0.2, 0.25) is 0 Å². The summed E-state index contributed by atoms with van der Waals surface area (Å²) in [6.45, 7) is -0.481. The summed E-state index contributed by atoms with van der Waals surface area (Å²) in [5.74, 6) is 0.726. The summed E-state index contributed by atoms with van der Waals surface area (Å²) in [4.78, 5) is 0. The standard InChI is InChI=1S/C14H20FNO/c1-17-12-7-5-6-11(10-15)13(12)14(16)8-3-2-4-9-14/h5-7H,2-4,8-10,16H2,1H3. The van der Waals surface area contributed by atoms with E-state index < -0.39 is 12.2 Å². The summed E-state index contributed by atoms with van der Waals surface area (Å²) in [5.41, 5.74) is 7.63. The maximum absolute atomic E-state index is 13.1. The van der Waals surface area contributed by atoms with Gasteiger partial charge in [0.05, 0.1) is 7.11 Å². The van der Waals surface area contributed by atoms with Gasteiger partial charge in [0.25, 0.3) is 0 Å². The second-order valence-corrected chi connectivity index (χ2v) is 4.84. The maximum atomic E-state index is 13.1. The van der Waals surface area contributed by atoms with Gasteiger partial charge in [-0.15, -0.1) is 0 Å². The van der Waals surface area contributed by atoms with Crippen LogP contribution in [0, 0.1) is 0 Å². The van der Waals surface area contributed by atoms with Crippen LogP contribution in [0.5, 0.6) is 5.75 Å². The van der Waals surface area contributed by atoms with E-state index in [1.807, 2.05) is 12.1 Å². The molecule has 3 heteroatoms. The third kappa shape index (κ3) is 2.29. The lowest BCUT2D eigenvalue weighted by molar-refractivity contribution is 0.284. The van der Waals surface area contributed by atoms with Gasteiger partial charge in [-0.25, -0.2) is 4.39 Å². The maximum Gasteiger partial charge on any atom is 0.124 e. The molecule has 0 radical (unpaired) electrons. The Kier molecular flexibility index (Phi) is 3.67. The van der Waals surface area contributed by atoms with E-state index in [0.29, 0.717) is 5.56 Å². The molecule has 1 aromatic carbocycles.